The van der Waals surface area contributed by atoms with Crippen LogP contribution in [0.5, 0.6) is 5.75 Å². The minimum Gasteiger partial charge on any atom is -0.497 e. The molecule has 1 N–H and O–H groups in total. The number of imide groups is 1. The molecule has 0 bridgehead atoms. The zero-order chi connectivity index (χ0) is 25.8. The number of amides is 4. The van der Waals surface area contributed by atoms with Crippen LogP contribution in [-0.4, -0.2) is 53.1 Å². The number of hydrogen-bond acceptors (Lipinski definition) is 5. The number of methoxy groups -OCH3 is 1. The van der Waals surface area contributed by atoms with Crippen molar-refractivity contribution >= 4 is 40.9 Å². The average molecular weight is 506 g/mol. The molecule has 0 spiro atoms. The maximum Gasteiger partial charge on any atom is 0.328 e. The summed E-state index contributed by atoms with van der Waals surface area (Å²) in [6, 6.07) is 17.8. The minimum absolute atomic E-state index is 0.147. The van der Waals surface area contributed by atoms with Gasteiger partial charge in [0.2, 0.25) is 0 Å². The average Bonchev–Trinajstić information content (AvgIpc) is 3.14. The molecule has 1 saturated heterocycles. The van der Waals surface area contributed by atoms with Crippen LogP contribution in [0, 0.1) is 6.92 Å². The zero-order valence-electron chi connectivity index (χ0n) is 19.7. The smallest absolute Gasteiger partial charge is 0.328 e. The number of halogens is 1. The van der Waals surface area contributed by atoms with Gasteiger partial charge in [0.1, 0.15) is 12.3 Å². The molecule has 4 rings (SSSR count). The van der Waals surface area contributed by atoms with E-state index in [0.29, 0.717) is 5.75 Å². The van der Waals surface area contributed by atoms with E-state index >= 15 is 0 Å². The molecule has 0 aromatic heterocycles. The van der Waals surface area contributed by atoms with Crippen LogP contribution in [0.25, 0.3) is 0 Å². The number of Topliss-reactive ketones (excluding diaryl/α,β-unsaturated/α-hetero) is 1. The minimum atomic E-state index is -1.73. The lowest BCUT2D eigenvalue weighted by Crippen LogP contribution is -2.52. The fourth-order valence-corrected chi connectivity index (χ4v) is 4.12. The Bertz CT molecular complexity index is 1310. The highest BCUT2D eigenvalue weighted by atomic mass is 35.5. The van der Waals surface area contributed by atoms with Crippen LogP contribution >= 0.6 is 11.6 Å². The third kappa shape index (κ3) is 5.23. The van der Waals surface area contributed by atoms with Gasteiger partial charge in [-0.2, -0.15) is 0 Å². The van der Waals surface area contributed by atoms with Crippen LogP contribution < -0.4 is 10.1 Å². The fourth-order valence-electron chi connectivity index (χ4n) is 3.95. The molecule has 1 fully saturated rings. The first kappa shape index (κ1) is 24.9. The second kappa shape index (κ2) is 10.6. The van der Waals surface area contributed by atoms with E-state index in [9.17, 15) is 19.2 Å². The molecule has 1 aliphatic heterocycles. The first-order valence-electron chi connectivity index (χ1n) is 11.2. The predicted octanol–water partition coefficient (Wildman–Crippen LogP) is 4.31. The van der Waals surface area contributed by atoms with Crippen LogP contribution in [0.2, 0.25) is 5.02 Å². The lowest BCUT2D eigenvalue weighted by Gasteiger charge is -2.25. The van der Waals surface area contributed by atoms with Crippen molar-refractivity contribution in [2.45, 2.75) is 19.5 Å². The number of anilines is 1. The summed E-state index contributed by atoms with van der Waals surface area (Å²) in [7, 11) is 1.49. The maximum atomic E-state index is 13.6. The summed E-state index contributed by atoms with van der Waals surface area (Å²) in [5.74, 6) is -1.68. The Labute approximate surface area is 213 Å². The van der Waals surface area contributed by atoms with Gasteiger partial charge in [0, 0.05) is 12.1 Å². The summed E-state index contributed by atoms with van der Waals surface area (Å²) in [4.78, 5) is 55.4. The van der Waals surface area contributed by atoms with Gasteiger partial charge in [-0.1, -0.05) is 48.0 Å². The molecule has 1 atom stereocenters. The van der Waals surface area contributed by atoms with Gasteiger partial charge in [-0.05, 0) is 54.4 Å². The largest absolute Gasteiger partial charge is 0.497 e. The molecular formula is C27H24ClN3O5. The molecule has 1 aliphatic rings. The van der Waals surface area contributed by atoms with Crippen molar-refractivity contribution in [1.29, 1.82) is 0 Å². The van der Waals surface area contributed by atoms with E-state index in [4.69, 9.17) is 16.3 Å². The molecule has 4 amide bonds. The third-order valence-corrected chi connectivity index (χ3v) is 6.13. The molecule has 36 heavy (non-hydrogen) atoms. The summed E-state index contributed by atoms with van der Waals surface area (Å²) in [6.07, 6.45) is 0. The zero-order valence-corrected chi connectivity index (χ0v) is 20.5. The van der Waals surface area contributed by atoms with Gasteiger partial charge in [0.25, 0.3) is 11.8 Å². The molecule has 1 heterocycles. The first-order valence-corrected chi connectivity index (χ1v) is 11.6. The highest BCUT2D eigenvalue weighted by Gasteiger charge is 2.47. The van der Waals surface area contributed by atoms with Gasteiger partial charge in [-0.15, -0.1) is 0 Å². The topological polar surface area (TPSA) is 96.0 Å². The SMILES string of the molecule is COc1ccc(C(=O)C(C(=O)Nc2cc(C)ccc2Cl)N2C(=O)CN(Cc3ccccc3)C2=O)cc1. The highest BCUT2D eigenvalue weighted by Crippen LogP contribution is 2.26. The van der Waals surface area contributed by atoms with Gasteiger partial charge in [0.15, 0.2) is 11.8 Å². The number of nitrogens with zero attached hydrogens (tertiary/aromatic N) is 2. The Hall–Kier alpha value is -4.17. The molecular weight excluding hydrogens is 482 g/mol. The third-order valence-electron chi connectivity index (χ3n) is 5.80. The Morgan fingerprint density at radius 1 is 1.03 bits per heavy atom. The number of aryl methyl sites for hydroxylation is 1. The first-order chi connectivity index (χ1) is 17.3. The van der Waals surface area contributed by atoms with E-state index in [1.807, 2.05) is 37.3 Å². The maximum absolute atomic E-state index is 13.6. The van der Waals surface area contributed by atoms with Crippen molar-refractivity contribution in [3.63, 3.8) is 0 Å². The van der Waals surface area contributed by atoms with Gasteiger partial charge in [-0.25, -0.2) is 9.69 Å². The number of rotatable bonds is 8. The number of carbonyl (C=O) groups is 4. The van der Waals surface area contributed by atoms with E-state index in [1.54, 1.807) is 30.3 Å². The molecule has 9 heteroatoms. The summed E-state index contributed by atoms with van der Waals surface area (Å²) in [6.45, 7) is 1.73. The molecule has 0 radical (unpaired) electrons. The van der Waals surface area contributed by atoms with Crippen LogP contribution in [0.1, 0.15) is 21.5 Å². The Balaban J connectivity index is 1.67. The number of urea groups is 1. The Morgan fingerprint density at radius 2 is 1.72 bits per heavy atom. The van der Waals surface area contributed by atoms with Crippen molar-refractivity contribution in [2.24, 2.45) is 0 Å². The Kier molecular flexibility index (Phi) is 7.36. The van der Waals surface area contributed by atoms with Crippen LogP contribution in [0.3, 0.4) is 0 Å². The number of ether oxygens (including phenoxy) is 1. The number of benzene rings is 3. The fraction of sp³-hybridized carbons (Fsp3) is 0.185. The lowest BCUT2D eigenvalue weighted by atomic mass is 10.0. The van der Waals surface area contributed by atoms with Crippen molar-refractivity contribution in [3.8, 4) is 5.75 Å². The van der Waals surface area contributed by atoms with Gasteiger partial charge >= 0.3 is 6.03 Å². The summed E-state index contributed by atoms with van der Waals surface area (Å²) < 4.78 is 5.13. The van der Waals surface area contributed by atoms with Gasteiger partial charge in [0.05, 0.1) is 17.8 Å². The molecule has 0 saturated carbocycles. The van der Waals surface area contributed by atoms with Crippen LogP contribution in [0.4, 0.5) is 10.5 Å². The summed E-state index contributed by atoms with van der Waals surface area (Å²) in [5, 5.41) is 2.88. The van der Waals surface area contributed by atoms with Crippen LogP contribution in [-0.2, 0) is 16.1 Å². The summed E-state index contributed by atoms with van der Waals surface area (Å²) in [5.41, 5.74) is 2.06. The van der Waals surface area contributed by atoms with Gasteiger partial charge in [-0.3, -0.25) is 14.4 Å². The van der Waals surface area contributed by atoms with Gasteiger partial charge < -0.3 is 15.0 Å². The monoisotopic (exact) mass is 505 g/mol. The van der Waals surface area contributed by atoms with Crippen molar-refractivity contribution in [1.82, 2.24) is 9.80 Å². The van der Waals surface area contributed by atoms with Crippen molar-refractivity contribution in [3.05, 3.63) is 94.5 Å². The molecule has 184 valence electrons. The summed E-state index contributed by atoms with van der Waals surface area (Å²) >= 11 is 6.24. The number of ketones is 1. The van der Waals surface area contributed by atoms with E-state index in [2.05, 4.69) is 5.32 Å². The van der Waals surface area contributed by atoms with E-state index in [-0.39, 0.29) is 29.4 Å². The van der Waals surface area contributed by atoms with E-state index < -0.39 is 29.7 Å². The molecule has 3 aromatic rings. The molecule has 1 unspecified atom stereocenters. The molecule has 8 nitrogen and oxygen atoms in total. The number of carbonyl (C=O) groups excluding carboxylic acids is 4. The predicted molar refractivity (Wildman–Crippen MR) is 135 cm³/mol. The van der Waals surface area contributed by atoms with E-state index in [0.717, 1.165) is 16.0 Å². The molecule has 3 aromatic carbocycles. The lowest BCUT2D eigenvalue weighted by molar-refractivity contribution is -0.131. The number of hydrogen-bond donors (Lipinski definition) is 1. The highest BCUT2D eigenvalue weighted by molar-refractivity contribution is 6.34. The van der Waals surface area contributed by atoms with Crippen LogP contribution in [0.15, 0.2) is 72.8 Å². The van der Waals surface area contributed by atoms with Crippen molar-refractivity contribution < 1.29 is 23.9 Å². The standard InChI is InChI=1S/C27H24ClN3O5/c1-17-8-13-21(28)22(14-17)29-26(34)24(25(33)19-9-11-20(36-2)12-10-19)31-23(32)16-30(27(31)35)15-18-6-4-3-5-7-18/h3-14,24H,15-16H2,1-2H3,(H,29,34). The van der Waals surface area contributed by atoms with E-state index in [1.165, 1.54) is 24.1 Å². The Morgan fingerprint density at radius 3 is 2.39 bits per heavy atom. The second-order valence-electron chi connectivity index (χ2n) is 8.36. The number of nitrogens with one attached hydrogen (secondary N) is 1. The normalized spacial score (nSPS) is 14.1. The quantitative estimate of drug-likeness (QED) is 0.279. The second-order valence-corrected chi connectivity index (χ2v) is 8.76. The molecule has 0 aliphatic carbocycles. The van der Waals surface area contributed by atoms with Crippen molar-refractivity contribution in [2.75, 3.05) is 19.0 Å².